The molecule has 1 heterocycles. The van der Waals surface area contributed by atoms with Gasteiger partial charge in [-0.25, -0.2) is 4.79 Å². The number of nitrogens with one attached hydrogen (secondary N) is 2. The van der Waals surface area contributed by atoms with Crippen molar-refractivity contribution < 1.29 is 23.9 Å². The summed E-state index contributed by atoms with van der Waals surface area (Å²) in [5, 5.41) is 5.68. The van der Waals surface area contributed by atoms with Crippen molar-refractivity contribution in [2.24, 2.45) is 5.92 Å². The highest BCUT2D eigenvalue weighted by Gasteiger charge is 2.38. The van der Waals surface area contributed by atoms with E-state index < -0.39 is 0 Å². The maximum atomic E-state index is 12.6. The monoisotopic (exact) mass is 355 g/mol. The van der Waals surface area contributed by atoms with Gasteiger partial charge in [0.1, 0.15) is 0 Å². The Labute approximate surface area is 148 Å². The number of carbonyl (C=O) groups is 3. The van der Waals surface area contributed by atoms with E-state index in [1.54, 1.807) is 11.8 Å². The number of carbonyl (C=O) groups excluding carboxylic acids is 3. The molecule has 2 atom stereocenters. The molecule has 3 amide bonds. The lowest BCUT2D eigenvalue weighted by Crippen LogP contribution is -2.51. The predicted octanol–water partition coefficient (Wildman–Crippen LogP) is 0.656. The smallest absolute Gasteiger partial charge is 0.317 e. The van der Waals surface area contributed by atoms with Crippen molar-refractivity contribution in [3.05, 3.63) is 0 Å². The van der Waals surface area contributed by atoms with Crippen molar-refractivity contribution in [2.45, 2.75) is 45.1 Å². The largest absolute Gasteiger partial charge is 0.466 e. The topological polar surface area (TPSA) is 97.0 Å². The van der Waals surface area contributed by atoms with Gasteiger partial charge in [-0.15, -0.1) is 0 Å². The molecule has 25 heavy (non-hydrogen) atoms. The Bertz CT molecular complexity index is 471. The van der Waals surface area contributed by atoms with Crippen molar-refractivity contribution >= 4 is 17.9 Å². The summed E-state index contributed by atoms with van der Waals surface area (Å²) in [4.78, 5) is 38.1. The summed E-state index contributed by atoms with van der Waals surface area (Å²) < 4.78 is 10.3. The van der Waals surface area contributed by atoms with Crippen LogP contribution in [0.25, 0.3) is 0 Å². The lowest BCUT2D eigenvalue weighted by Gasteiger charge is -2.32. The average Bonchev–Trinajstić information content (AvgIpc) is 3.05. The Kier molecular flexibility index (Phi) is 7.97. The Balaban J connectivity index is 1.96. The maximum Gasteiger partial charge on any atom is 0.317 e. The van der Waals surface area contributed by atoms with Crippen LogP contribution in [0.1, 0.15) is 39.0 Å². The van der Waals surface area contributed by atoms with Gasteiger partial charge >= 0.3 is 12.0 Å². The van der Waals surface area contributed by atoms with Crippen LogP contribution < -0.4 is 10.6 Å². The lowest BCUT2D eigenvalue weighted by atomic mass is 10.0. The van der Waals surface area contributed by atoms with Gasteiger partial charge in [-0.1, -0.05) is 6.42 Å². The molecule has 0 unspecified atom stereocenters. The van der Waals surface area contributed by atoms with Gasteiger partial charge in [-0.3, -0.25) is 9.59 Å². The van der Waals surface area contributed by atoms with Gasteiger partial charge in [-0.05, 0) is 26.2 Å². The molecule has 0 aromatic heterocycles. The van der Waals surface area contributed by atoms with Gasteiger partial charge in [0.25, 0.3) is 0 Å². The first-order valence-corrected chi connectivity index (χ1v) is 9.19. The fourth-order valence-corrected chi connectivity index (χ4v) is 3.46. The first-order valence-electron chi connectivity index (χ1n) is 9.19. The second kappa shape index (κ2) is 10.2. The molecule has 0 aromatic carbocycles. The predicted molar refractivity (Wildman–Crippen MR) is 90.9 cm³/mol. The van der Waals surface area contributed by atoms with Crippen LogP contribution in [0.15, 0.2) is 0 Å². The van der Waals surface area contributed by atoms with E-state index in [2.05, 4.69) is 10.6 Å². The van der Waals surface area contributed by atoms with Crippen LogP contribution in [0.4, 0.5) is 4.79 Å². The molecule has 1 aliphatic heterocycles. The number of amides is 3. The zero-order chi connectivity index (χ0) is 18.1. The van der Waals surface area contributed by atoms with Crippen molar-refractivity contribution in [1.82, 2.24) is 15.5 Å². The molecule has 0 aromatic rings. The van der Waals surface area contributed by atoms with Crippen molar-refractivity contribution in [3.8, 4) is 0 Å². The van der Waals surface area contributed by atoms with Crippen LogP contribution in [0.2, 0.25) is 0 Å². The average molecular weight is 355 g/mol. The molecule has 8 heteroatoms. The van der Waals surface area contributed by atoms with Crippen LogP contribution in [0, 0.1) is 5.92 Å². The maximum absolute atomic E-state index is 12.6. The normalized spacial score (nSPS) is 24.7. The number of rotatable bonds is 4. The molecule has 0 spiro atoms. The van der Waals surface area contributed by atoms with E-state index in [9.17, 15) is 14.4 Å². The summed E-state index contributed by atoms with van der Waals surface area (Å²) in [5.41, 5.74) is 0. The molecular formula is C17H29N3O5. The number of fused-ring (bicyclic) bond motifs is 1. The number of hydrogen-bond donors (Lipinski definition) is 2. The van der Waals surface area contributed by atoms with Crippen LogP contribution >= 0.6 is 0 Å². The SMILES string of the molecule is CCOC(=O)CCNC(=O)N1CCCOCCNC(=O)[C@@H]2CCC[C@@H]21. The van der Waals surface area contributed by atoms with Gasteiger partial charge in [-0.2, -0.15) is 0 Å². The highest BCUT2D eigenvalue weighted by Crippen LogP contribution is 2.30. The molecule has 1 saturated carbocycles. The van der Waals surface area contributed by atoms with Crippen LogP contribution in [-0.2, 0) is 19.1 Å². The Morgan fingerprint density at radius 3 is 2.96 bits per heavy atom. The third kappa shape index (κ3) is 5.88. The van der Waals surface area contributed by atoms with E-state index in [0.717, 1.165) is 25.7 Å². The standard InChI is InChI=1S/C17H29N3O5/c1-2-25-15(21)7-8-19-17(23)20-10-4-11-24-12-9-18-16(22)13-5-3-6-14(13)20/h13-14H,2-12H2,1H3,(H,18,22)(H,19,23)/t13-,14+/m1/s1. The summed E-state index contributed by atoms with van der Waals surface area (Å²) in [6.45, 7) is 4.41. The summed E-state index contributed by atoms with van der Waals surface area (Å²) in [7, 11) is 0. The quantitative estimate of drug-likeness (QED) is 0.722. The van der Waals surface area contributed by atoms with E-state index in [4.69, 9.17) is 9.47 Å². The van der Waals surface area contributed by atoms with Crippen LogP contribution in [-0.4, -0.2) is 68.3 Å². The van der Waals surface area contributed by atoms with Crippen molar-refractivity contribution in [1.29, 1.82) is 0 Å². The Hall–Kier alpha value is -1.83. The van der Waals surface area contributed by atoms with Gasteiger partial charge in [0.05, 0.1) is 25.6 Å². The molecule has 1 aliphatic carbocycles. The highest BCUT2D eigenvalue weighted by atomic mass is 16.5. The van der Waals surface area contributed by atoms with E-state index in [0.29, 0.717) is 32.9 Å². The molecule has 8 nitrogen and oxygen atoms in total. The summed E-state index contributed by atoms with van der Waals surface area (Å²) in [5.74, 6) is -0.502. The van der Waals surface area contributed by atoms with E-state index in [1.807, 2.05) is 0 Å². The zero-order valence-electron chi connectivity index (χ0n) is 14.9. The molecule has 2 rings (SSSR count). The van der Waals surface area contributed by atoms with Gasteiger partial charge < -0.3 is 25.0 Å². The molecule has 2 N–H and O–H groups in total. The number of ether oxygens (including phenoxy) is 2. The number of esters is 1. The fourth-order valence-electron chi connectivity index (χ4n) is 3.46. The minimum Gasteiger partial charge on any atom is -0.466 e. The molecule has 0 bridgehead atoms. The van der Waals surface area contributed by atoms with Crippen LogP contribution in [0.5, 0.6) is 0 Å². The molecule has 0 radical (unpaired) electrons. The summed E-state index contributed by atoms with van der Waals surface area (Å²) >= 11 is 0. The molecule has 142 valence electrons. The van der Waals surface area contributed by atoms with Crippen LogP contribution in [0.3, 0.4) is 0 Å². The summed E-state index contributed by atoms with van der Waals surface area (Å²) in [6, 6.07) is -0.325. The van der Waals surface area contributed by atoms with Crippen molar-refractivity contribution in [2.75, 3.05) is 39.5 Å². The second-order valence-corrected chi connectivity index (χ2v) is 6.34. The fraction of sp³-hybridized carbons (Fsp3) is 0.824. The minimum absolute atomic E-state index is 0.00248. The number of hydrogen-bond acceptors (Lipinski definition) is 5. The number of urea groups is 1. The second-order valence-electron chi connectivity index (χ2n) is 6.34. The van der Waals surface area contributed by atoms with E-state index >= 15 is 0 Å². The third-order valence-electron chi connectivity index (χ3n) is 4.62. The first-order chi connectivity index (χ1) is 12.1. The molecular weight excluding hydrogens is 326 g/mol. The van der Waals surface area contributed by atoms with Gasteiger partial charge in [0.2, 0.25) is 5.91 Å². The Morgan fingerprint density at radius 2 is 2.16 bits per heavy atom. The summed E-state index contributed by atoms with van der Waals surface area (Å²) in [6.07, 6.45) is 3.42. The molecule has 1 saturated heterocycles. The van der Waals surface area contributed by atoms with Gasteiger partial charge in [0, 0.05) is 32.3 Å². The minimum atomic E-state index is -0.327. The van der Waals surface area contributed by atoms with Gasteiger partial charge in [0.15, 0.2) is 0 Å². The van der Waals surface area contributed by atoms with Crippen molar-refractivity contribution in [3.63, 3.8) is 0 Å². The lowest BCUT2D eigenvalue weighted by molar-refractivity contribution is -0.142. The number of nitrogens with zero attached hydrogens (tertiary/aromatic N) is 1. The third-order valence-corrected chi connectivity index (χ3v) is 4.62. The zero-order valence-corrected chi connectivity index (χ0v) is 14.9. The van der Waals surface area contributed by atoms with E-state index in [1.165, 1.54) is 0 Å². The molecule has 2 aliphatic rings. The Morgan fingerprint density at radius 1 is 1.32 bits per heavy atom. The molecule has 2 fully saturated rings. The van der Waals surface area contributed by atoms with E-state index in [-0.39, 0.29) is 42.8 Å². The first kappa shape index (κ1) is 19.5. The highest BCUT2D eigenvalue weighted by molar-refractivity contribution is 5.81.